The van der Waals surface area contributed by atoms with Crippen molar-refractivity contribution in [3.05, 3.63) is 24.3 Å². The Labute approximate surface area is 136 Å². The van der Waals surface area contributed by atoms with Crippen molar-refractivity contribution in [2.24, 2.45) is 0 Å². The Balaban J connectivity index is 3.30. The minimum atomic E-state index is -0.176. The maximum Gasteiger partial charge on any atom is 0.305 e. The van der Waals surface area contributed by atoms with E-state index in [1.807, 2.05) is 0 Å². The van der Waals surface area contributed by atoms with Crippen LogP contribution in [0.2, 0.25) is 0 Å². The van der Waals surface area contributed by atoms with Gasteiger partial charge in [0, 0.05) is 6.42 Å². The number of ether oxygens (including phenoxy) is 1. The van der Waals surface area contributed by atoms with Crippen LogP contribution in [0.15, 0.2) is 24.3 Å². The standard InChI is InChI=1S/C19H34O3/c1-3-15-18(20)16-13-11-9-7-5-4-6-8-10-12-14-17-19(21)22-2/h5,7,11,13,18,20H,3-4,6,8-10,12,14-17H2,1-2H3/b7-5-,13-11-/t18-/m1/s1. The fourth-order valence-corrected chi connectivity index (χ4v) is 2.26. The summed E-state index contributed by atoms with van der Waals surface area (Å²) in [5.74, 6) is -0.0989. The van der Waals surface area contributed by atoms with Gasteiger partial charge in [0.2, 0.25) is 0 Å². The summed E-state index contributed by atoms with van der Waals surface area (Å²) in [7, 11) is 1.44. The van der Waals surface area contributed by atoms with E-state index in [2.05, 4.69) is 36.0 Å². The van der Waals surface area contributed by atoms with E-state index in [1.165, 1.54) is 26.4 Å². The van der Waals surface area contributed by atoms with E-state index >= 15 is 0 Å². The maximum atomic E-state index is 10.9. The van der Waals surface area contributed by atoms with Crippen LogP contribution >= 0.6 is 0 Å². The highest BCUT2D eigenvalue weighted by atomic mass is 16.5. The number of allylic oxidation sites excluding steroid dienone is 3. The average Bonchev–Trinajstić information content (AvgIpc) is 2.51. The van der Waals surface area contributed by atoms with Crippen LogP contribution in [-0.2, 0) is 9.53 Å². The molecule has 128 valence electrons. The zero-order chi connectivity index (χ0) is 16.5. The molecule has 0 aliphatic rings. The van der Waals surface area contributed by atoms with E-state index in [1.54, 1.807) is 0 Å². The van der Waals surface area contributed by atoms with Gasteiger partial charge in [-0.15, -0.1) is 0 Å². The summed E-state index contributed by atoms with van der Waals surface area (Å²) in [5, 5.41) is 9.56. The summed E-state index contributed by atoms with van der Waals surface area (Å²) in [6.45, 7) is 2.09. The van der Waals surface area contributed by atoms with Crippen molar-refractivity contribution in [3.8, 4) is 0 Å². The van der Waals surface area contributed by atoms with Gasteiger partial charge >= 0.3 is 5.97 Å². The molecule has 0 aromatic heterocycles. The van der Waals surface area contributed by atoms with Crippen molar-refractivity contribution < 1.29 is 14.6 Å². The Kier molecular flexibility index (Phi) is 15.5. The van der Waals surface area contributed by atoms with E-state index in [0.717, 1.165) is 44.9 Å². The summed E-state index contributed by atoms with van der Waals surface area (Å²) >= 11 is 0. The second kappa shape index (κ2) is 16.3. The van der Waals surface area contributed by atoms with Crippen LogP contribution in [0, 0.1) is 0 Å². The number of carbonyl (C=O) groups is 1. The fraction of sp³-hybridized carbons (Fsp3) is 0.737. The molecular weight excluding hydrogens is 276 g/mol. The Morgan fingerprint density at radius 2 is 1.73 bits per heavy atom. The Hall–Kier alpha value is -1.09. The quantitative estimate of drug-likeness (QED) is 0.281. The highest BCUT2D eigenvalue weighted by Crippen LogP contribution is 2.08. The first-order valence-corrected chi connectivity index (χ1v) is 8.75. The number of hydrogen-bond acceptors (Lipinski definition) is 3. The van der Waals surface area contributed by atoms with Gasteiger partial charge in [-0.3, -0.25) is 4.79 Å². The molecule has 1 N–H and O–H groups in total. The van der Waals surface area contributed by atoms with Crippen LogP contribution < -0.4 is 0 Å². The van der Waals surface area contributed by atoms with E-state index in [-0.39, 0.29) is 12.1 Å². The van der Waals surface area contributed by atoms with Crippen LogP contribution in [0.1, 0.15) is 77.6 Å². The van der Waals surface area contributed by atoms with Crippen LogP contribution in [0.5, 0.6) is 0 Å². The molecule has 1 atom stereocenters. The van der Waals surface area contributed by atoms with Gasteiger partial charge in [-0.05, 0) is 38.5 Å². The molecule has 0 aliphatic heterocycles. The number of methoxy groups -OCH3 is 1. The Morgan fingerprint density at radius 1 is 1.05 bits per heavy atom. The van der Waals surface area contributed by atoms with Gasteiger partial charge in [0.05, 0.1) is 13.2 Å². The Morgan fingerprint density at radius 3 is 2.45 bits per heavy atom. The number of esters is 1. The minimum absolute atomic E-state index is 0.0989. The second-order valence-electron chi connectivity index (χ2n) is 5.74. The largest absolute Gasteiger partial charge is 0.469 e. The minimum Gasteiger partial charge on any atom is -0.469 e. The molecule has 0 saturated carbocycles. The topological polar surface area (TPSA) is 46.5 Å². The molecule has 0 bridgehead atoms. The number of hydrogen-bond donors (Lipinski definition) is 1. The first kappa shape index (κ1) is 20.9. The first-order valence-electron chi connectivity index (χ1n) is 8.75. The van der Waals surface area contributed by atoms with E-state index in [4.69, 9.17) is 0 Å². The van der Waals surface area contributed by atoms with Gasteiger partial charge in [-0.2, -0.15) is 0 Å². The summed E-state index contributed by atoms with van der Waals surface area (Å²) in [6, 6.07) is 0. The lowest BCUT2D eigenvalue weighted by Crippen LogP contribution is -2.02. The van der Waals surface area contributed by atoms with Gasteiger partial charge in [-0.1, -0.05) is 56.9 Å². The molecule has 0 fully saturated rings. The van der Waals surface area contributed by atoms with E-state index in [9.17, 15) is 9.90 Å². The van der Waals surface area contributed by atoms with Crippen LogP contribution in [0.4, 0.5) is 0 Å². The predicted octanol–water partition coefficient (Wildman–Crippen LogP) is 4.94. The van der Waals surface area contributed by atoms with Gasteiger partial charge in [0.1, 0.15) is 0 Å². The zero-order valence-electron chi connectivity index (χ0n) is 14.4. The molecule has 0 rings (SSSR count). The molecule has 0 aromatic rings. The Bertz CT molecular complexity index is 308. The first-order chi connectivity index (χ1) is 10.7. The van der Waals surface area contributed by atoms with Crippen molar-refractivity contribution in [1.82, 2.24) is 0 Å². The van der Waals surface area contributed by atoms with Crippen LogP contribution in [-0.4, -0.2) is 24.3 Å². The molecule has 3 nitrogen and oxygen atoms in total. The molecule has 0 spiro atoms. The number of carbonyl (C=O) groups excluding carboxylic acids is 1. The molecule has 3 heteroatoms. The third-order valence-corrected chi connectivity index (χ3v) is 3.61. The lowest BCUT2D eigenvalue weighted by molar-refractivity contribution is -0.140. The van der Waals surface area contributed by atoms with Gasteiger partial charge in [-0.25, -0.2) is 0 Å². The van der Waals surface area contributed by atoms with Crippen molar-refractivity contribution >= 4 is 5.97 Å². The molecule has 0 radical (unpaired) electrons. The monoisotopic (exact) mass is 310 g/mol. The smallest absolute Gasteiger partial charge is 0.305 e. The maximum absolute atomic E-state index is 10.9. The second-order valence-corrected chi connectivity index (χ2v) is 5.74. The molecule has 0 amide bonds. The molecule has 0 heterocycles. The lowest BCUT2D eigenvalue weighted by Gasteiger charge is -2.03. The zero-order valence-corrected chi connectivity index (χ0v) is 14.4. The van der Waals surface area contributed by atoms with Crippen molar-refractivity contribution in [3.63, 3.8) is 0 Å². The number of unbranched alkanes of at least 4 members (excludes halogenated alkanes) is 5. The third-order valence-electron chi connectivity index (χ3n) is 3.61. The summed E-state index contributed by atoms with van der Waals surface area (Å²) < 4.78 is 4.61. The van der Waals surface area contributed by atoms with Gasteiger partial charge in [0.25, 0.3) is 0 Å². The molecule has 22 heavy (non-hydrogen) atoms. The molecule has 0 aromatic carbocycles. The van der Waals surface area contributed by atoms with E-state index in [0.29, 0.717) is 6.42 Å². The van der Waals surface area contributed by atoms with Crippen LogP contribution in [0.3, 0.4) is 0 Å². The highest BCUT2D eigenvalue weighted by molar-refractivity contribution is 5.68. The lowest BCUT2D eigenvalue weighted by atomic mass is 10.1. The molecule has 0 saturated heterocycles. The van der Waals surface area contributed by atoms with E-state index < -0.39 is 0 Å². The SMILES string of the molecule is CCC[C@@H](O)C/C=C\C/C=C\CCCCCCCC(=O)OC. The highest BCUT2D eigenvalue weighted by Gasteiger charge is 1.99. The number of aliphatic hydroxyl groups is 1. The number of rotatable bonds is 14. The summed E-state index contributed by atoms with van der Waals surface area (Å²) in [5.41, 5.74) is 0. The van der Waals surface area contributed by atoms with Crippen LogP contribution in [0.25, 0.3) is 0 Å². The van der Waals surface area contributed by atoms with Gasteiger partial charge < -0.3 is 9.84 Å². The predicted molar refractivity (Wildman–Crippen MR) is 92.8 cm³/mol. The summed E-state index contributed by atoms with van der Waals surface area (Å²) in [4.78, 5) is 10.9. The molecule has 0 aliphatic carbocycles. The average molecular weight is 310 g/mol. The van der Waals surface area contributed by atoms with Crippen molar-refractivity contribution in [2.75, 3.05) is 7.11 Å². The van der Waals surface area contributed by atoms with Crippen molar-refractivity contribution in [2.45, 2.75) is 83.7 Å². The molecular formula is C19H34O3. The summed E-state index contributed by atoms with van der Waals surface area (Å²) in [6.07, 6.45) is 19.5. The van der Waals surface area contributed by atoms with Crippen molar-refractivity contribution in [1.29, 1.82) is 0 Å². The molecule has 0 unspecified atom stereocenters. The fourth-order valence-electron chi connectivity index (χ4n) is 2.26. The number of aliphatic hydroxyl groups excluding tert-OH is 1. The van der Waals surface area contributed by atoms with Gasteiger partial charge in [0.15, 0.2) is 0 Å². The normalized spacial score (nSPS) is 13.0. The third kappa shape index (κ3) is 15.3.